The number of nitrogens with one attached hydrogen (secondary N) is 1. The minimum Gasteiger partial charge on any atom is -0.340 e. The zero-order valence-corrected chi connectivity index (χ0v) is 23.2. The highest BCUT2D eigenvalue weighted by atomic mass is 19.4. The number of hydrogen-bond donors (Lipinski definition) is 1. The molecule has 218 valence electrons. The van der Waals surface area contributed by atoms with Crippen molar-refractivity contribution in [2.24, 2.45) is 5.92 Å². The number of para-hydroxylation sites is 1. The number of alkyl halides is 3. The van der Waals surface area contributed by atoms with Crippen LogP contribution in [-0.2, 0) is 11.0 Å². The van der Waals surface area contributed by atoms with Crippen molar-refractivity contribution in [2.45, 2.75) is 50.9 Å². The Kier molecular flexibility index (Phi) is 7.53. The molecule has 2 heterocycles. The van der Waals surface area contributed by atoms with Crippen molar-refractivity contribution >= 4 is 23.5 Å². The first kappa shape index (κ1) is 28.9. The number of rotatable bonds is 7. The van der Waals surface area contributed by atoms with Gasteiger partial charge in [0.1, 0.15) is 17.9 Å². The normalized spacial score (nSPS) is 19.1. The molecule has 1 aliphatic carbocycles. The second kappa shape index (κ2) is 11.0. The van der Waals surface area contributed by atoms with Crippen LogP contribution in [0.4, 0.5) is 19.0 Å². The van der Waals surface area contributed by atoms with Crippen molar-refractivity contribution in [3.05, 3.63) is 77.0 Å². The maximum atomic E-state index is 14.1. The number of fused-ring (bicyclic) bond motifs is 1. The summed E-state index contributed by atoms with van der Waals surface area (Å²) in [6.07, 6.45) is -3.18. The summed E-state index contributed by atoms with van der Waals surface area (Å²) in [7, 11) is 1.49. The van der Waals surface area contributed by atoms with Crippen LogP contribution in [-0.4, -0.2) is 58.1 Å². The third-order valence-electron chi connectivity index (χ3n) is 7.85. The van der Waals surface area contributed by atoms with Gasteiger partial charge in [0.15, 0.2) is 5.69 Å². The van der Waals surface area contributed by atoms with Gasteiger partial charge in [-0.15, -0.1) is 0 Å². The summed E-state index contributed by atoms with van der Waals surface area (Å²) < 4.78 is 41.6. The number of nitriles is 1. The summed E-state index contributed by atoms with van der Waals surface area (Å²) in [4.78, 5) is 43.9. The lowest BCUT2D eigenvalue weighted by Gasteiger charge is -2.38. The highest BCUT2D eigenvalue weighted by Gasteiger charge is 2.52. The number of hydrogen-bond acceptors (Lipinski definition) is 5. The number of aromatic nitrogens is 2. The van der Waals surface area contributed by atoms with E-state index in [1.807, 2.05) is 12.1 Å². The Balaban J connectivity index is 1.65. The summed E-state index contributed by atoms with van der Waals surface area (Å²) >= 11 is 0. The van der Waals surface area contributed by atoms with Crippen LogP contribution in [0.5, 0.6) is 0 Å². The molecular formula is C30H29F3N6O3. The van der Waals surface area contributed by atoms with Gasteiger partial charge in [-0.1, -0.05) is 24.3 Å². The molecule has 2 aromatic carbocycles. The number of nitrogens with zero attached hydrogens (tertiary/aromatic N) is 5. The van der Waals surface area contributed by atoms with Gasteiger partial charge in [-0.3, -0.25) is 19.3 Å². The van der Waals surface area contributed by atoms with Crippen LogP contribution in [0.15, 0.2) is 54.6 Å². The smallest absolute Gasteiger partial charge is 0.340 e. The molecule has 3 amide bonds. The monoisotopic (exact) mass is 578 g/mol. The van der Waals surface area contributed by atoms with E-state index >= 15 is 0 Å². The Labute approximate surface area is 240 Å². The number of anilines is 1. The lowest BCUT2D eigenvalue weighted by Crippen LogP contribution is -2.56. The molecule has 0 bridgehead atoms. The van der Waals surface area contributed by atoms with Crippen molar-refractivity contribution in [3.63, 3.8) is 0 Å². The van der Waals surface area contributed by atoms with Gasteiger partial charge in [-0.25, -0.2) is 4.68 Å². The number of likely N-dealkylation sites (N-methyl/N-ethyl adjacent to an activating group) is 1. The van der Waals surface area contributed by atoms with E-state index in [0.717, 1.165) is 31.0 Å². The van der Waals surface area contributed by atoms with Crippen LogP contribution in [0, 0.1) is 17.2 Å². The SMILES string of the molecule is CCN1C(=O)[C@H](NC(=O)c2cccc(C(F)(F)F)c2)[C@H](C2CC2)c2c(C(=O)N(C)C(C)C#N)nn(-c3ccccc3)c21. The highest BCUT2D eigenvalue weighted by Crippen LogP contribution is 2.51. The summed E-state index contributed by atoms with van der Waals surface area (Å²) in [5, 5.41) is 16.9. The van der Waals surface area contributed by atoms with Crippen LogP contribution in [0.2, 0.25) is 0 Å². The van der Waals surface area contributed by atoms with Crippen molar-refractivity contribution in [1.29, 1.82) is 5.26 Å². The first-order valence-electron chi connectivity index (χ1n) is 13.6. The minimum atomic E-state index is -4.64. The fourth-order valence-corrected chi connectivity index (χ4v) is 5.40. The molecular weight excluding hydrogens is 549 g/mol. The Bertz CT molecular complexity index is 1580. The number of benzene rings is 2. The van der Waals surface area contributed by atoms with Gasteiger partial charge in [-0.05, 0) is 62.9 Å². The van der Waals surface area contributed by atoms with E-state index in [1.165, 1.54) is 27.6 Å². The van der Waals surface area contributed by atoms with Gasteiger partial charge in [0.2, 0.25) is 0 Å². The second-order valence-electron chi connectivity index (χ2n) is 10.5. The summed E-state index contributed by atoms with van der Waals surface area (Å²) in [5.41, 5.74) is -0.0809. The third kappa shape index (κ3) is 5.11. The predicted molar refractivity (Wildman–Crippen MR) is 147 cm³/mol. The predicted octanol–water partition coefficient (Wildman–Crippen LogP) is 4.53. The van der Waals surface area contributed by atoms with Gasteiger partial charge < -0.3 is 10.2 Å². The van der Waals surface area contributed by atoms with Crippen molar-refractivity contribution in [1.82, 2.24) is 20.0 Å². The number of halogens is 3. The molecule has 12 heteroatoms. The molecule has 2 aliphatic rings. The molecule has 0 radical (unpaired) electrons. The van der Waals surface area contributed by atoms with E-state index in [4.69, 9.17) is 0 Å². The van der Waals surface area contributed by atoms with E-state index in [0.29, 0.717) is 17.1 Å². The van der Waals surface area contributed by atoms with E-state index in [2.05, 4.69) is 10.4 Å². The zero-order valence-electron chi connectivity index (χ0n) is 23.2. The highest BCUT2D eigenvalue weighted by molar-refractivity contribution is 6.07. The molecule has 1 N–H and O–H groups in total. The maximum Gasteiger partial charge on any atom is 0.416 e. The average molecular weight is 579 g/mol. The molecule has 42 heavy (non-hydrogen) atoms. The average Bonchev–Trinajstić information content (AvgIpc) is 3.76. The Morgan fingerprint density at radius 2 is 1.86 bits per heavy atom. The summed E-state index contributed by atoms with van der Waals surface area (Å²) in [6, 6.07) is 13.1. The number of carbonyl (C=O) groups is 3. The molecule has 1 aromatic heterocycles. The van der Waals surface area contributed by atoms with E-state index < -0.39 is 47.5 Å². The first-order valence-corrected chi connectivity index (χ1v) is 13.6. The van der Waals surface area contributed by atoms with E-state index in [1.54, 1.807) is 38.1 Å². The Morgan fingerprint density at radius 1 is 1.17 bits per heavy atom. The summed E-state index contributed by atoms with van der Waals surface area (Å²) in [5.74, 6) is -2.13. The lowest BCUT2D eigenvalue weighted by atomic mass is 9.82. The van der Waals surface area contributed by atoms with Gasteiger partial charge >= 0.3 is 6.18 Å². The number of carbonyl (C=O) groups excluding carboxylic acids is 3. The van der Waals surface area contributed by atoms with E-state index in [-0.39, 0.29) is 23.7 Å². The Morgan fingerprint density at radius 3 is 2.45 bits per heavy atom. The van der Waals surface area contributed by atoms with Crippen LogP contribution >= 0.6 is 0 Å². The molecule has 0 spiro atoms. The quantitative estimate of drug-likeness (QED) is 0.443. The molecule has 1 aliphatic heterocycles. The van der Waals surface area contributed by atoms with Crippen molar-refractivity contribution in [3.8, 4) is 11.8 Å². The van der Waals surface area contributed by atoms with Crippen LogP contribution in [0.25, 0.3) is 5.69 Å². The van der Waals surface area contributed by atoms with Gasteiger partial charge in [-0.2, -0.15) is 23.5 Å². The maximum absolute atomic E-state index is 14.1. The molecule has 3 aromatic rings. The number of amides is 3. The van der Waals surface area contributed by atoms with Crippen molar-refractivity contribution < 1.29 is 27.6 Å². The third-order valence-corrected chi connectivity index (χ3v) is 7.85. The minimum absolute atomic E-state index is 0.0552. The van der Waals surface area contributed by atoms with Crippen molar-refractivity contribution in [2.75, 3.05) is 18.5 Å². The second-order valence-corrected chi connectivity index (χ2v) is 10.5. The molecule has 3 atom stereocenters. The molecule has 0 saturated heterocycles. The topological polar surface area (TPSA) is 111 Å². The molecule has 1 fully saturated rings. The van der Waals surface area contributed by atoms with Gasteiger partial charge in [0.05, 0.1) is 17.3 Å². The van der Waals surface area contributed by atoms with Crippen LogP contribution in [0.1, 0.15) is 64.6 Å². The largest absolute Gasteiger partial charge is 0.416 e. The molecule has 1 saturated carbocycles. The van der Waals surface area contributed by atoms with Crippen LogP contribution < -0.4 is 10.2 Å². The summed E-state index contributed by atoms with van der Waals surface area (Å²) in [6.45, 7) is 3.51. The fourth-order valence-electron chi connectivity index (χ4n) is 5.40. The molecule has 9 nitrogen and oxygen atoms in total. The van der Waals surface area contributed by atoms with Crippen LogP contribution in [0.3, 0.4) is 0 Å². The first-order chi connectivity index (χ1) is 20.0. The van der Waals surface area contributed by atoms with E-state index in [9.17, 15) is 32.8 Å². The zero-order chi connectivity index (χ0) is 30.3. The molecule has 1 unspecified atom stereocenters. The fraction of sp³-hybridized carbons (Fsp3) is 0.367. The standard InChI is InChI=1S/C30H29F3N6O3/c1-4-38-27-23(25(28(41)37(3)17(2)16-34)36-39(27)21-11-6-5-7-12-21)22(18-13-14-18)24(29(38)42)35-26(40)19-9-8-10-20(15-19)30(31,32)33/h5-12,15,17-18,22,24H,4,13-14H2,1-3H3,(H,35,40)/t17?,22-,24-/m1/s1. The Hall–Kier alpha value is -4.66. The molecule has 5 rings (SSSR count). The van der Waals surface area contributed by atoms with Gasteiger partial charge in [0, 0.05) is 30.6 Å². The lowest BCUT2D eigenvalue weighted by molar-refractivity contribution is -0.137. The van der Waals surface area contributed by atoms with Gasteiger partial charge in [0.25, 0.3) is 17.7 Å².